The predicted molar refractivity (Wildman–Crippen MR) is 77.4 cm³/mol. The molecule has 1 aliphatic rings. The molecule has 3 unspecified atom stereocenters. The molecule has 1 aromatic rings. The van der Waals surface area contributed by atoms with Crippen LogP contribution in [0.5, 0.6) is 5.75 Å². The molecule has 1 heterocycles. The smallest absolute Gasteiger partial charge is 0.133 e. The zero-order valence-electron chi connectivity index (χ0n) is 10.7. The lowest BCUT2D eigenvalue weighted by Gasteiger charge is -2.22. The average Bonchev–Trinajstić information content (AvgIpc) is 2.86. The van der Waals surface area contributed by atoms with Gasteiger partial charge in [-0.3, -0.25) is 0 Å². The van der Waals surface area contributed by atoms with E-state index < -0.39 is 0 Å². The normalized spacial score (nSPS) is 25.1. The van der Waals surface area contributed by atoms with Crippen molar-refractivity contribution in [3.05, 3.63) is 28.2 Å². The van der Waals surface area contributed by atoms with Crippen LogP contribution in [0.25, 0.3) is 0 Å². The third-order valence-electron chi connectivity index (χ3n) is 3.53. The summed E-state index contributed by atoms with van der Waals surface area (Å²) in [5.41, 5.74) is 1.12. The Morgan fingerprint density at radius 3 is 2.94 bits per heavy atom. The van der Waals surface area contributed by atoms with E-state index in [9.17, 15) is 0 Å². The van der Waals surface area contributed by atoms with Crippen molar-refractivity contribution in [3.63, 3.8) is 0 Å². The maximum Gasteiger partial charge on any atom is 0.133 e. The third kappa shape index (κ3) is 2.84. The van der Waals surface area contributed by atoms with Crippen molar-refractivity contribution in [1.82, 2.24) is 0 Å². The minimum absolute atomic E-state index is 0.000318. The maximum absolute atomic E-state index is 6.61. The quantitative estimate of drug-likeness (QED) is 0.752. The van der Waals surface area contributed by atoms with Crippen LogP contribution in [0.15, 0.2) is 22.7 Å². The molecule has 0 aromatic heterocycles. The Labute approximate surface area is 122 Å². The van der Waals surface area contributed by atoms with Crippen LogP contribution in [0.2, 0.25) is 0 Å². The topological polar surface area (TPSA) is 18.5 Å². The Morgan fingerprint density at radius 2 is 2.33 bits per heavy atom. The first-order chi connectivity index (χ1) is 8.67. The fourth-order valence-corrected chi connectivity index (χ4v) is 3.50. The van der Waals surface area contributed by atoms with Gasteiger partial charge in [0.2, 0.25) is 0 Å². The SMILES string of the molecule is CCC1OCCC1C(Cl)c1ccc(OC)c(Br)c1. The molecule has 0 spiro atoms. The van der Waals surface area contributed by atoms with Gasteiger partial charge in [0.1, 0.15) is 5.75 Å². The molecule has 18 heavy (non-hydrogen) atoms. The highest BCUT2D eigenvalue weighted by molar-refractivity contribution is 9.10. The molecular formula is C14H18BrClO2. The van der Waals surface area contributed by atoms with Crippen LogP contribution in [0, 0.1) is 5.92 Å². The Bertz CT molecular complexity index is 411. The highest BCUT2D eigenvalue weighted by Crippen LogP contribution is 2.40. The van der Waals surface area contributed by atoms with Gasteiger partial charge in [-0.1, -0.05) is 13.0 Å². The molecule has 1 aromatic carbocycles. The van der Waals surface area contributed by atoms with E-state index in [1.165, 1.54) is 0 Å². The standard InChI is InChI=1S/C14H18BrClO2/c1-3-12-10(6-7-18-12)14(16)9-4-5-13(17-2)11(15)8-9/h4-5,8,10,12,14H,3,6-7H2,1-2H3. The fourth-order valence-electron chi connectivity index (χ4n) is 2.52. The zero-order chi connectivity index (χ0) is 13.1. The van der Waals surface area contributed by atoms with Gasteiger partial charge < -0.3 is 9.47 Å². The molecule has 4 heteroatoms. The molecule has 0 bridgehead atoms. The van der Waals surface area contributed by atoms with Gasteiger partial charge in [0.05, 0.1) is 23.1 Å². The Morgan fingerprint density at radius 1 is 1.56 bits per heavy atom. The van der Waals surface area contributed by atoms with Gasteiger partial charge in [-0.2, -0.15) is 0 Å². The van der Waals surface area contributed by atoms with Gasteiger partial charge in [-0.05, 0) is 46.5 Å². The second kappa shape index (κ2) is 6.27. The monoisotopic (exact) mass is 332 g/mol. The van der Waals surface area contributed by atoms with Gasteiger partial charge in [0.15, 0.2) is 0 Å². The molecule has 0 N–H and O–H groups in total. The molecule has 0 aliphatic carbocycles. The summed E-state index contributed by atoms with van der Waals surface area (Å²) in [6.07, 6.45) is 2.34. The van der Waals surface area contributed by atoms with Crippen LogP contribution in [-0.2, 0) is 4.74 Å². The summed E-state index contributed by atoms with van der Waals surface area (Å²) in [5.74, 6) is 1.23. The highest BCUT2D eigenvalue weighted by atomic mass is 79.9. The van der Waals surface area contributed by atoms with Gasteiger partial charge >= 0.3 is 0 Å². The van der Waals surface area contributed by atoms with Crippen molar-refractivity contribution < 1.29 is 9.47 Å². The number of ether oxygens (including phenoxy) is 2. The third-order valence-corrected chi connectivity index (χ3v) is 4.73. The van der Waals surface area contributed by atoms with E-state index in [1.807, 2.05) is 18.2 Å². The predicted octanol–water partition coefficient (Wildman–Crippen LogP) is 4.55. The molecule has 1 saturated heterocycles. The summed E-state index contributed by atoms with van der Waals surface area (Å²) in [6.45, 7) is 2.97. The number of hydrogen-bond acceptors (Lipinski definition) is 2. The summed E-state index contributed by atoms with van der Waals surface area (Å²) in [6, 6.07) is 6.03. The molecule has 0 saturated carbocycles. The van der Waals surface area contributed by atoms with Gasteiger partial charge in [0, 0.05) is 12.5 Å². The zero-order valence-corrected chi connectivity index (χ0v) is 13.0. The lowest BCUT2D eigenvalue weighted by Crippen LogP contribution is -2.19. The van der Waals surface area contributed by atoms with Crippen LogP contribution >= 0.6 is 27.5 Å². The van der Waals surface area contributed by atoms with E-state index in [2.05, 4.69) is 22.9 Å². The lowest BCUT2D eigenvalue weighted by molar-refractivity contribution is 0.0864. The maximum atomic E-state index is 6.61. The van der Waals surface area contributed by atoms with Gasteiger partial charge in [0.25, 0.3) is 0 Å². The molecular weight excluding hydrogens is 316 g/mol. The van der Waals surface area contributed by atoms with E-state index in [4.69, 9.17) is 21.1 Å². The van der Waals surface area contributed by atoms with E-state index >= 15 is 0 Å². The van der Waals surface area contributed by atoms with Crippen molar-refractivity contribution >= 4 is 27.5 Å². The van der Waals surface area contributed by atoms with Crippen molar-refractivity contribution in [3.8, 4) is 5.75 Å². The summed E-state index contributed by atoms with van der Waals surface area (Å²) < 4.78 is 11.9. The minimum Gasteiger partial charge on any atom is -0.496 e. The molecule has 100 valence electrons. The summed E-state index contributed by atoms with van der Waals surface area (Å²) in [7, 11) is 1.66. The van der Waals surface area contributed by atoms with Crippen LogP contribution in [0.4, 0.5) is 0 Å². The number of alkyl halides is 1. The van der Waals surface area contributed by atoms with E-state index in [0.29, 0.717) is 5.92 Å². The largest absolute Gasteiger partial charge is 0.496 e. The van der Waals surface area contributed by atoms with Gasteiger partial charge in [-0.15, -0.1) is 11.6 Å². The second-order valence-electron chi connectivity index (χ2n) is 4.57. The Balaban J connectivity index is 2.18. The molecule has 1 fully saturated rings. The van der Waals surface area contributed by atoms with Crippen LogP contribution in [0.3, 0.4) is 0 Å². The van der Waals surface area contributed by atoms with E-state index in [-0.39, 0.29) is 11.5 Å². The van der Waals surface area contributed by atoms with E-state index in [1.54, 1.807) is 7.11 Å². The fraction of sp³-hybridized carbons (Fsp3) is 0.571. The molecule has 0 radical (unpaired) electrons. The first-order valence-electron chi connectivity index (χ1n) is 6.26. The lowest BCUT2D eigenvalue weighted by atomic mass is 9.91. The van der Waals surface area contributed by atoms with E-state index in [0.717, 1.165) is 35.2 Å². The van der Waals surface area contributed by atoms with Crippen molar-refractivity contribution in [1.29, 1.82) is 0 Å². The molecule has 1 aliphatic heterocycles. The summed E-state index contributed by atoms with van der Waals surface area (Å²) in [4.78, 5) is 0. The molecule has 0 amide bonds. The number of benzene rings is 1. The van der Waals surface area contributed by atoms with Crippen LogP contribution < -0.4 is 4.74 Å². The molecule has 2 rings (SSSR count). The first kappa shape index (κ1) is 14.2. The average molecular weight is 334 g/mol. The second-order valence-corrected chi connectivity index (χ2v) is 5.89. The van der Waals surface area contributed by atoms with Crippen molar-refractivity contribution in [2.75, 3.05) is 13.7 Å². The summed E-state index contributed by atoms with van der Waals surface area (Å²) >= 11 is 10.1. The highest BCUT2D eigenvalue weighted by Gasteiger charge is 2.33. The number of halogens is 2. The number of methoxy groups -OCH3 is 1. The number of hydrogen-bond donors (Lipinski definition) is 0. The van der Waals surface area contributed by atoms with Crippen molar-refractivity contribution in [2.24, 2.45) is 5.92 Å². The van der Waals surface area contributed by atoms with Crippen LogP contribution in [0.1, 0.15) is 30.7 Å². The number of rotatable bonds is 4. The Hall–Kier alpha value is -0.250. The van der Waals surface area contributed by atoms with Crippen LogP contribution in [-0.4, -0.2) is 19.8 Å². The first-order valence-corrected chi connectivity index (χ1v) is 7.49. The minimum atomic E-state index is -0.000318. The summed E-state index contributed by atoms with van der Waals surface area (Å²) in [5, 5.41) is -0.000318. The molecule has 2 nitrogen and oxygen atoms in total. The molecule has 3 atom stereocenters. The van der Waals surface area contributed by atoms with Crippen molar-refractivity contribution in [2.45, 2.75) is 31.2 Å². The van der Waals surface area contributed by atoms with Gasteiger partial charge in [-0.25, -0.2) is 0 Å². The Kier molecular flexibility index (Phi) is 4.93.